The first-order valence-corrected chi connectivity index (χ1v) is 9.87. The molecule has 0 aliphatic rings. The quantitative estimate of drug-likeness (QED) is 0.357. The third-order valence-corrected chi connectivity index (χ3v) is 4.99. The van der Waals surface area contributed by atoms with Gasteiger partial charge in [0.1, 0.15) is 24.0 Å². The van der Waals surface area contributed by atoms with Crippen molar-refractivity contribution < 1.29 is 9.53 Å². The van der Waals surface area contributed by atoms with Gasteiger partial charge in [-0.05, 0) is 66.1 Å². The lowest BCUT2D eigenvalue weighted by Crippen LogP contribution is -2.14. The van der Waals surface area contributed by atoms with Gasteiger partial charge in [-0.15, -0.1) is 0 Å². The van der Waals surface area contributed by atoms with Crippen LogP contribution < -0.4 is 10.1 Å². The number of hydrogen-bond acceptors (Lipinski definition) is 3. The minimum atomic E-state index is -0.506. The van der Waals surface area contributed by atoms with Crippen LogP contribution in [0.1, 0.15) is 16.7 Å². The topological polar surface area (TPSA) is 62.1 Å². The molecule has 6 heteroatoms. The molecule has 0 saturated carbocycles. The molecule has 0 spiro atoms. The number of benzene rings is 3. The summed E-state index contributed by atoms with van der Waals surface area (Å²) in [5.74, 6) is 0.111. The lowest BCUT2D eigenvalue weighted by atomic mass is 10.1. The van der Waals surface area contributed by atoms with Crippen LogP contribution in [0.2, 0.25) is 10.0 Å². The summed E-state index contributed by atoms with van der Waals surface area (Å²) in [7, 11) is 0. The monoisotopic (exact) mass is 436 g/mol. The van der Waals surface area contributed by atoms with E-state index in [-0.39, 0.29) is 5.57 Å². The van der Waals surface area contributed by atoms with Crippen LogP contribution in [-0.4, -0.2) is 5.91 Å². The van der Waals surface area contributed by atoms with Crippen LogP contribution in [0.3, 0.4) is 0 Å². The van der Waals surface area contributed by atoms with Crippen molar-refractivity contribution in [1.82, 2.24) is 0 Å². The van der Waals surface area contributed by atoms with Crippen molar-refractivity contribution in [2.75, 3.05) is 5.32 Å². The molecule has 3 rings (SSSR count). The number of hydrogen-bond donors (Lipinski definition) is 1. The molecule has 0 bridgehead atoms. The van der Waals surface area contributed by atoms with E-state index in [9.17, 15) is 10.1 Å². The van der Waals surface area contributed by atoms with Crippen molar-refractivity contribution in [3.63, 3.8) is 0 Å². The summed E-state index contributed by atoms with van der Waals surface area (Å²) in [6, 6.07) is 21.7. The van der Waals surface area contributed by atoms with E-state index in [1.165, 1.54) is 6.08 Å². The molecule has 1 N–H and O–H groups in total. The number of nitrogens with one attached hydrogen (secondary N) is 1. The van der Waals surface area contributed by atoms with Crippen LogP contribution in [-0.2, 0) is 11.4 Å². The van der Waals surface area contributed by atoms with Gasteiger partial charge in [0.15, 0.2) is 0 Å². The standard InChI is InChI=1S/C24H18Cl2N2O2/c1-16-22(26)9-4-10-23(16)28-24(29)19(14-27)11-17-5-3-8-21(13-17)30-15-18-6-2-7-20(25)12-18/h2-13H,15H2,1H3,(H,28,29)/b19-11-. The number of nitrogens with zero attached hydrogens (tertiary/aromatic N) is 1. The molecule has 0 radical (unpaired) electrons. The van der Waals surface area contributed by atoms with Crippen LogP contribution >= 0.6 is 23.2 Å². The molecule has 3 aromatic carbocycles. The van der Waals surface area contributed by atoms with Crippen LogP contribution in [0, 0.1) is 18.3 Å². The van der Waals surface area contributed by atoms with E-state index in [0.29, 0.717) is 33.7 Å². The Labute approximate surface area is 185 Å². The molecule has 1 amide bonds. The van der Waals surface area contributed by atoms with Crippen LogP contribution in [0.4, 0.5) is 5.69 Å². The molecule has 0 atom stereocenters. The van der Waals surface area contributed by atoms with Crippen molar-refractivity contribution in [3.05, 3.63) is 99.0 Å². The van der Waals surface area contributed by atoms with Crippen LogP contribution in [0.25, 0.3) is 6.08 Å². The third kappa shape index (κ3) is 5.64. The first kappa shape index (κ1) is 21.4. The maximum Gasteiger partial charge on any atom is 0.266 e. The van der Waals surface area contributed by atoms with Crippen molar-refractivity contribution in [2.45, 2.75) is 13.5 Å². The lowest BCUT2D eigenvalue weighted by molar-refractivity contribution is -0.112. The van der Waals surface area contributed by atoms with Gasteiger partial charge in [0, 0.05) is 15.7 Å². The van der Waals surface area contributed by atoms with Gasteiger partial charge in [-0.2, -0.15) is 5.26 Å². The number of nitriles is 1. The minimum Gasteiger partial charge on any atom is -0.489 e. The molecule has 0 heterocycles. The fourth-order valence-electron chi connectivity index (χ4n) is 2.74. The highest BCUT2D eigenvalue weighted by Crippen LogP contribution is 2.24. The lowest BCUT2D eigenvalue weighted by Gasteiger charge is -2.09. The van der Waals surface area contributed by atoms with Gasteiger partial charge in [0.2, 0.25) is 0 Å². The molecule has 0 aromatic heterocycles. The van der Waals surface area contributed by atoms with E-state index in [2.05, 4.69) is 5.32 Å². The molecule has 150 valence electrons. The predicted octanol–water partition coefficient (Wildman–Crippen LogP) is 6.43. The third-order valence-electron chi connectivity index (χ3n) is 4.34. The first-order valence-electron chi connectivity index (χ1n) is 9.12. The van der Waals surface area contributed by atoms with E-state index < -0.39 is 5.91 Å². The van der Waals surface area contributed by atoms with E-state index >= 15 is 0 Å². The Bertz CT molecular complexity index is 1150. The number of halogens is 2. The number of carbonyl (C=O) groups is 1. The highest BCUT2D eigenvalue weighted by atomic mass is 35.5. The molecule has 30 heavy (non-hydrogen) atoms. The molecule has 3 aromatic rings. The average molecular weight is 437 g/mol. The highest BCUT2D eigenvalue weighted by molar-refractivity contribution is 6.32. The minimum absolute atomic E-state index is 0.0265. The maximum atomic E-state index is 12.6. The summed E-state index contributed by atoms with van der Waals surface area (Å²) in [6.45, 7) is 2.15. The molecule has 4 nitrogen and oxygen atoms in total. The maximum absolute atomic E-state index is 12.6. The fraction of sp³-hybridized carbons (Fsp3) is 0.0833. The Morgan fingerprint density at radius 3 is 2.63 bits per heavy atom. The number of anilines is 1. The Kier molecular flexibility index (Phi) is 7.13. The summed E-state index contributed by atoms with van der Waals surface area (Å²) in [4.78, 5) is 12.6. The highest BCUT2D eigenvalue weighted by Gasteiger charge is 2.12. The van der Waals surface area contributed by atoms with Gasteiger partial charge >= 0.3 is 0 Å². The largest absolute Gasteiger partial charge is 0.489 e. The molecule has 0 aliphatic heterocycles. The zero-order valence-electron chi connectivity index (χ0n) is 16.2. The van der Waals surface area contributed by atoms with E-state index in [1.807, 2.05) is 30.3 Å². The SMILES string of the molecule is Cc1c(Cl)cccc1NC(=O)/C(C#N)=C\c1cccc(OCc2cccc(Cl)c2)c1. The first-order chi connectivity index (χ1) is 14.5. The fourth-order valence-corrected chi connectivity index (χ4v) is 3.12. The summed E-state index contributed by atoms with van der Waals surface area (Å²) in [5, 5.41) is 13.4. The second-order valence-electron chi connectivity index (χ2n) is 6.53. The van der Waals surface area contributed by atoms with Crippen LogP contribution in [0.15, 0.2) is 72.3 Å². The van der Waals surface area contributed by atoms with E-state index in [4.69, 9.17) is 27.9 Å². The van der Waals surface area contributed by atoms with Crippen molar-refractivity contribution in [3.8, 4) is 11.8 Å². The molecular formula is C24H18Cl2N2O2. The molecule has 0 fully saturated rings. The second kappa shape index (κ2) is 9.98. The Balaban J connectivity index is 1.74. The van der Waals surface area contributed by atoms with Gasteiger partial charge in [-0.3, -0.25) is 4.79 Å². The molecule has 0 unspecified atom stereocenters. The Morgan fingerprint density at radius 2 is 1.87 bits per heavy atom. The summed E-state index contributed by atoms with van der Waals surface area (Å²) in [6.07, 6.45) is 1.52. The van der Waals surface area contributed by atoms with Crippen molar-refractivity contribution >= 4 is 40.9 Å². The number of ether oxygens (including phenoxy) is 1. The summed E-state index contributed by atoms with van der Waals surface area (Å²) >= 11 is 12.1. The summed E-state index contributed by atoms with van der Waals surface area (Å²) in [5.41, 5.74) is 2.89. The molecule has 0 aliphatic carbocycles. The normalized spacial score (nSPS) is 10.9. The smallest absolute Gasteiger partial charge is 0.266 e. The average Bonchev–Trinajstić information content (AvgIpc) is 2.74. The van der Waals surface area contributed by atoms with E-state index in [1.54, 1.807) is 49.4 Å². The van der Waals surface area contributed by atoms with Gasteiger partial charge in [-0.1, -0.05) is 53.5 Å². The van der Waals surface area contributed by atoms with Crippen LogP contribution in [0.5, 0.6) is 5.75 Å². The van der Waals surface area contributed by atoms with Gasteiger partial charge in [-0.25, -0.2) is 0 Å². The summed E-state index contributed by atoms with van der Waals surface area (Å²) < 4.78 is 5.80. The zero-order valence-corrected chi connectivity index (χ0v) is 17.7. The van der Waals surface area contributed by atoms with Gasteiger partial charge < -0.3 is 10.1 Å². The zero-order chi connectivity index (χ0) is 21.5. The number of amides is 1. The Morgan fingerprint density at radius 1 is 1.10 bits per heavy atom. The predicted molar refractivity (Wildman–Crippen MR) is 121 cm³/mol. The second-order valence-corrected chi connectivity index (χ2v) is 7.37. The number of rotatable bonds is 6. The molecular weight excluding hydrogens is 419 g/mol. The number of carbonyl (C=O) groups excluding carboxylic acids is 1. The van der Waals surface area contributed by atoms with Crippen molar-refractivity contribution in [2.24, 2.45) is 0 Å². The van der Waals surface area contributed by atoms with Gasteiger partial charge in [0.25, 0.3) is 5.91 Å². The van der Waals surface area contributed by atoms with Gasteiger partial charge in [0.05, 0.1) is 0 Å². The molecule has 0 saturated heterocycles. The van der Waals surface area contributed by atoms with E-state index in [0.717, 1.165) is 11.1 Å². The van der Waals surface area contributed by atoms with Crippen molar-refractivity contribution in [1.29, 1.82) is 5.26 Å². The Hall–Kier alpha value is -3.26.